The van der Waals surface area contributed by atoms with Crippen molar-refractivity contribution in [2.45, 2.75) is 22.1 Å². The number of aromatic nitrogens is 1. The van der Waals surface area contributed by atoms with Gasteiger partial charge in [-0.3, -0.25) is 4.79 Å². The van der Waals surface area contributed by atoms with Gasteiger partial charge in [-0.2, -0.15) is 9.04 Å². The van der Waals surface area contributed by atoms with Gasteiger partial charge in [0, 0.05) is 38.3 Å². The molecule has 0 bridgehead atoms. The van der Waals surface area contributed by atoms with Gasteiger partial charge in [0.25, 0.3) is 5.03 Å². The van der Waals surface area contributed by atoms with Crippen LogP contribution in [0.25, 0.3) is 0 Å². The molecule has 1 saturated heterocycles. The van der Waals surface area contributed by atoms with Gasteiger partial charge in [0.05, 0.1) is 10.1 Å². The number of amides is 1. The number of nitrogens with zero attached hydrogens (tertiary/aromatic N) is 3. The third-order valence-electron chi connectivity index (χ3n) is 4.37. The maximum absolute atomic E-state index is 12.7. The van der Waals surface area contributed by atoms with E-state index in [1.54, 1.807) is 60.4 Å². The number of piperazine rings is 1. The number of sulfonamides is 1. The molecule has 0 aliphatic carbocycles. The first-order valence-electron chi connectivity index (χ1n) is 8.58. The lowest BCUT2D eigenvalue weighted by Crippen LogP contribution is -2.52. The highest BCUT2D eigenvalue weighted by Crippen LogP contribution is 2.23. The van der Waals surface area contributed by atoms with E-state index >= 15 is 0 Å². The maximum atomic E-state index is 12.7. The van der Waals surface area contributed by atoms with Gasteiger partial charge in [-0.1, -0.05) is 18.2 Å². The zero-order valence-electron chi connectivity index (χ0n) is 14.9. The smallest absolute Gasteiger partial charge is 0.252 e. The third kappa shape index (κ3) is 4.42. The molecule has 1 aliphatic heterocycles. The summed E-state index contributed by atoms with van der Waals surface area (Å²) in [6.45, 7) is 2.94. The summed E-state index contributed by atoms with van der Waals surface area (Å²) >= 11 is 1.20. The summed E-state index contributed by atoms with van der Waals surface area (Å²) in [6.07, 6.45) is 1.40. The lowest BCUT2D eigenvalue weighted by atomic mass is 10.3. The predicted molar refractivity (Wildman–Crippen MR) is 103 cm³/mol. The minimum atomic E-state index is -3.54. The molecule has 27 heavy (non-hydrogen) atoms. The van der Waals surface area contributed by atoms with Crippen molar-refractivity contribution < 1.29 is 17.9 Å². The number of carbonyl (C=O) groups is 1. The molecule has 144 valence electrons. The van der Waals surface area contributed by atoms with E-state index in [-0.39, 0.29) is 23.9 Å². The molecular formula is C18H21N3O4S2. The molecule has 3 rings (SSSR count). The van der Waals surface area contributed by atoms with Crippen LogP contribution in [0.1, 0.15) is 6.92 Å². The van der Waals surface area contributed by atoms with Gasteiger partial charge in [-0.25, -0.2) is 8.42 Å². The summed E-state index contributed by atoms with van der Waals surface area (Å²) in [5.74, 6) is -0.0967. The van der Waals surface area contributed by atoms with Gasteiger partial charge >= 0.3 is 0 Å². The highest BCUT2D eigenvalue weighted by atomic mass is 32.2. The van der Waals surface area contributed by atoms with Gasteiger partial charge in [0.15, 0.2) is 6.20 Å². The summed E-state index contributed by atoms with van der Waals surface area (Å²) in [5, 5.41) is 11.8. The molecule has 2 aromatic rings. The largest absolute Gasteiger partial charge is 0.618 e. The van der Waals surface area contributed by atoms with Crippen molar-refractivity contribution in [2.75, 3.05) is 26.2 Å². The number of benzene rings is 1. The van der Waals surface area contributed by atoms with E-state index in [1.807, 2.05) is 0 Å². The molecule has 1 fully saturated rings. The minimum Gasteiger partial charge on any atom is -0.618 e. The van der Waals surface area contributed by atoms with E-state index in [0.29, 0.717) is 18.1 Å². The second-order valence-electron chi connectivity index (χ2n) is 6.17. The van der Waals surface area contributed by atoms with E-state index in [9.17, 15) is 18.4 Å². The van der Waals surface area contributed by atoms with Crippen molar-refractivity contribution in [1.82, 2.24) is 9.21 Å². The number of pyridine rings is 1. The van der Waals surface area contributed by atoms with Crippen LogP contribution in [0.15, 0.2) is 64.6 Å². The van der Waals surface area contributed by atoms with Crippen LogP contribution < -0.4 is 4.73 Å². The zero-order valence-corrected chi connectivity index (χ0v) is 16.5. The molecule has 1 aliphatic rings. The Labute approximate surface area is 163 Å². The molecular weight excluding hydrogens is 386 g/mol. The third-order valence-corrected chi connectivity index (χ3v) is 7.39. The molecule has 0 N–H and O–H groups in total. The minimum absolute atomic E-state index is 0.0967. The number of carbonyl (C=O) groups excluding carboxylic acids is 1. The second kappa shape index (κ2) is 8.28. The monoisotopic (exact) mass is 407 g/mol. The quantitative estimate of drug-likeness (QED) is 0.424. The SMILES string of the molecule is C[C@H](Sc1cccc[n+]1[O-])C(=O)N1CCN(S(=O)(=O)c2ccccc2)CC1. The summed E-state index contributed by atoms with van der Waals surface area (Å²) in [6, 6.07) is 13.4. The van der Waals surface area contributed by atoms with Crippen LogP contribution >= 0.6 is 11.8 Å². The standard InChI is InChI=1S/C18H21N3O4S2/c1-15(26-17-9-5-6-10-21(17)23)18(22)19-11-13-20(14-12-19)27(24,25)16-7-3-2-4-8-16/h2-10,15H,11-14H2,1H3/t15-/m0/s1. The van der Waals surface area contributed by atoms with Gasteiger partial charge < -0.3 is 10.1 Å². The average molecular weight is 408 g/mol. The highest BCUT2D eigenvalue weighted by molar-refractivity contribution is 8.00. The molecule has 0 unspecified atom stereocenters. The normalized spacial score (nSPS) is 16.9. The molecule has 1 aromatic heterocycles. The van der Waals surface area contributed by atoms with E-state index in [4.69, 9.17) is 0 Å². The van der Waals surface area contributed by atoms with E-state index in [0.717, 1.165) is 4.73 Å². The summed E-state index contributed by atoms with van der Waals surface area (Å²) in [4.78, 5) is 14.6. The molecule has 1 amide bonds. The van der Waals surface area contributed by atoms with Crippen LogP contribution in [0.4, 0.5) is 0 Å². The lowest BCUT2D eigenvalue weighted by Gasteiger charge is -2.35. The van der Waals surface area contributed by atoms with Crippen molar-refractivity contribution in [3.8, 4) is 0 Å². The summed E-state index contributed by atoms with van der Waals surface area (Å²) in [7, 11) is -3.54. The average Bonchev–Trinajstić information content (AvgIpc) is 2.70. The Kier molecular flexibility index (Phi) is 6.03. The van der Waals surface area contributed by atoms with E-state index in [1.165, 1.54) is 22.3 Å². The Balaban J connectivity index is 1.60. The van der Waals surface area contributed by atoms with Gasteiger partial charge in [0.2, 0.25) is 15.9 Å². The summed E-state index contributed by atoms with van der Waals surface area (Å²) in [5.41, 5.74) is 0. The van der Waals surface area contributed by atoms with Crippen molar-refractivity contribution in [3.05, 3.63) is 59.9 Å². The van der Waals surface area contributed by atoms with Crippen LogP contribution in [0.5, 0.6) is 0 Å². The fourth-order valence-electron chi connectivity index (χ4n) is 2.88. The highest BCUT2D eigenvalue weighted by Gasteiger charge is 2.32. The summed E-state index contributed by atoms with van der Waals surface area (Å²) < 4.78 is 27.5. The Morgan fingerprint density at radius 2 is 1.70 bits per heavy atom. The fraction of sp³-hybridized carbons (Fsp3) is 0.333. The molecule has 1 aromatic carbocycles. The lowest BCUT2D eigenvalue weighted by molar-refractivity contribution is -0.645. The first-order valence-corrected chi connectivity index (χ1v) is 10.9. The van der Waals surface area contributed by atoms with Gasteiger partial charge in [0.1, 0.15) is 0 Å². The Bertz CT molecular complexity index is 898. The van der Waals surface area contributed by atoms with Crippen molar-refractivity contribution >= 4 is 27.7 Å². The van der Waals surface area contributed by atoms with Gasteiger partial charge in [-0.05, 0) is 36.9 Å². The Morgan fingerprint density at radius 1 is 1.07 bits per heavy atom. The van der Waals surface area contributed by atoms with Gasteiger partial charge in [-0.15, -0.1) is 0 Å². The number of thioether (sulfide) groups is 1. The van der Waals surface area contributed by atoms with E-state index < -0.39 is 15.3 Å². The second-order valence-corrected chi connectivity index (χ2v) is 9.47. The molecule has 0 spiro atoms. The van der Waals surface area contributed by atoms with Crippen LogP contribution in [0, 0.1) is 5.21 Å². The number of hydrogen-bond acceptors (Lipinski definition) is 5. The molecule has 9 heteroatoms. The zero-order chi connectivity index (χ0) is 19.4. The van der Waals surface area contributed by atoms with Crippen molar-refractivity contribution in [3.63, 3.8) is 0 Å². The van der Waals surface area contributed by atoms with Crippen molar-refractivity contribution in [2.24, 2.45) is 0 Å². The van der Waals surface area contributed by atoms with E-state index in [2.05, 4.69) is 0 Å². The molecule has 2 heterocycles. The molecule has 0 saturated carbocycles. The maximum Gasteiger partial charge on any atom is 0.252 e. The van der Waals surface area contributed by atoms with Crippen LogP contribution in [-0.4, -0.2) is 55.0 Å². The van der Waals surface area contributed by atoms with Crippen molar-refractivity contribution in [1.29, 1.82) is 0 Å². The fourth-order valence-corrected chi connectivity index (χ4v) is 5.26. The van der Waals surface area contributed by atoms with Crippen LogP contribution in [0.3, 0.4) is 0 Å². The number of hydrogen-bond donors (Lipinski definition) is 0. The predicted octanol–water partition coefficient (Wildman–Crippen LogP) is 1.33. The van der Waals surface area contributed by atoms with Crippen LogP contribution in [0.2, 0.25) is 0 Å². The Hall–Kier alpha value is -2.10. The van der Waals surface area contributed by atoms with Crippen LogP contribution in [-0.2, 0) is 14.8 Å². The topological polar surface area (TPSA) is 84.6 Å². The Morgan fingerprint density at radius 3 is 2.33 bits per heavy atom. The number of rotatable bonds is 5. The first-order chi connectivity index (χ1) is 12.9. The first kappa shape index (κ1) is 19.7. The molecule has 7 nitrogen and oxygen atoms in total. The molecule has 0 radical (unpaired) electrons. The molecule has 1 atom stereocenters.